The minimum Gasteiger partial charge on any atom is -0.189 e. The van der Waals surface area contributed by atoms with E-state index in [4.69, 9.17) is 0 Å². The lowest BCUT2D eigenvalue weighted by atomic mass is 10.2. The first-order chi connectivity index (χ1) is 6.41. The molecule has 0 fully saturated rings. The highest BCUT2D eigenvalue weighted by atomic mass is 32.2. The molecule has 0 aliphatic carbocycles. The van der Waals surface area contributed by atoms with Gasteiger partial charge in [0.1, 0.15) is 0 Å². The Balaban J connectivity index is 3.33. The molecule has 80 valence electrons. The van der Waals surface area contributed by atoms with Gasteiger partial charge in [0.15, 0.2) is 0 Å². The van der Waals surface area contributed by atoms with Crippen LogP contribution in [0.15, 0.2) is 6.20 Å². The molecule has 0 amide bonds. The van der Waals surface area contributed by atoms with Crippen molar-refractivity contribution in [1.82, 2.24) is 13.5 Å². The lowest BCUT2D eigenvalue weighted by Gasteiger charge is -2.13. The summed E-state index contributed by atoms with van der Waals surface area (Å²) in [5.41, 5.74) is 1.64. The Morgan fingerprint density at radius 3 is 2.50 bits per heavy atom. The van der Waals surface area contributed by atoms with E-state index in [1.54, 1.807) is 6.20 Å². The van der Waals surface area contributed by atoms with Crippen molar-refractivity contribution in [3.63, 3.8) is 0 Å². The maximum atomic E-state index is 11.8. The minimum absolute atomic E-state index is 0.652. The van der Waals surface area contributed by atoms with Crippen molar-refractivity contribution in [2.75, 3.05) is 14.1 Å². The molecule has 0 bridgehead atoms. The van der Waals surface area contributed by atoms with Crippen LogP contribution in [0.5, 0.6) is 0 Å². The van der Waals surface area contributed by atoms with Gasteiger partial charge in [-0.05, 0) is 18.9 Å². The molecule has 1 rings (SSSR count). The van der Waals surface area contributed by atoms with Crippen LogP contribution in [0.4, 0.5) is 0 Å². The van der Waals surface area contributed by atoms with Gasteiger partial charge in [-0.1, -0.05) is 6.92 Å². The molecular formula is C8H15N3O2S. The summed E-state index contributed by atoms with van der Waals surface area (Å²) in [4.78, 5) is 0. The molecule has 0 spiro atoms. The first-order valence-corrected chi connectivity index (χ1v) is 5.77. The summed E-state index contributed by atoms with van der Waals surface area (Å²) in [6, 6.07) is 0. The maximum absolute atomic E-state index is 11.8. The maximum Gasteiger partial charge on any atom is 0.322 e. The SMILES string of the molecule is CCc1c(C)cnn1S(=O)(=O)N(C)C. The van der Waals surface area contributed by atoms with E-state index < -0.39 is 10.2 Å². The first-order valence-electron chi connectivity index (χ1n) is 4.37. The van der Waals surface area contributed by atoms with Gasteiger partial charge < -0.3 is 0 Å². The van der Waals surface area contributed by atoms with E-state index in [-0.39, 0.29) is 0 Å². The van der Waals surface area contributed by atoms with Crippen LogP contribution in [-0.2, 0) is 16.6 Å². The second kappa shape index (κ2) is 3.70. The number of hydrogen-bond acceptors (Lipinski definition) is 3. The van der Waals surface area contributed by atoms with Gasteiger partial charge in [-0.3, -0.25) is 0 Å². The Bertz CT molecular complexity index is 420. The van der Waals surface area contributed by atoms with E-state index in [9.17, 15) is 8.42 Å². The Morgan fingerprint density at radius 1 is 1.50 bits per heavy atom. The summed E-state index contributed by atoms with van der Waals surface area (Å²) in [6.45, 7) is 3.76. The Hall–Kier alpha value is -0.880. The average molecular weight is 217 g/mol. The first kappa shape index (κ1) is 11.2. The van der Waals surface area contributed by atoms with E-state index in [0.717, 1.165) is 19.6 Å². The summed E-state index contributed by atoms with van der Waals surface area (Å²) >= 11 is 0. The van der Waals surface area contributed by atoms with Crippen LogP contribution in [0.2, 0.25) is 0 Å². The van der Waals surface area contributed by atoms with Crippen molar-refractivity contribution in [3.05, 3.63) is 17.5 Å². The van der Waals surface area contributed by atoms with Crippen LogP contribution in [0.1, 0.15) is 18.2 Å². The summed E-state index contributed by atoms with van der Waals surface area (Å²) < 4.78 is 25.7. The number of aromatic nitrogens is 2. The topological polar surface area (TPSA) is 55.2 Å². The molecule has 0 aromatic carbocycles. The van der Waals surface area contributed by atoms with E-state index in [1.165, 1.54) is 14.1 Å². The van der Waals surface area contributed by atoms with E-state index in [1.807, 2.05) is 13.8 Å². The van der Waals surface area contributed by atoms with Crippen LogP contribution in [-0.4, -0.2) is 36.0 Å². The van der Waals surface area contributed by atoms with E-state index >= 15 is 0 Å². The molecule has 0 unspecified atom stereocenters. The summed E-state index contributed by atoms with van der Waals surface area (Å²) in [7, 11) is -0.476. The zero-order valence-corrected chi connectivity index (χ0v) is 9.67. The number of hydrogen-bond donors (Lipinski definition) is 0. The van der Waals surface area contributed by atoms with Gasteiger partial charge in [-0.15, -0.1) is 4.09 Å². The van der Waals surface area contributed by atoms with Crippen molar-refractivity contribution >= 4 is 10.2 Å². The van der Waals surface area contributed by atoms with E-state index in [0.29, 0.717) is 6.42 Å². The van der Waals surface area contributed by atoms with Gasteiger partial charge >= 0.3 is 10.2 Å². The molecule has 1 heterocycles. The Morgan fingerprint density at radius 2 is 2.07 bits per heavy atom. The second-order valence-electron chi connectivity index (χ2n) is 3.26. The number of rotatable bonds is 3. The number of aryl methyl sites for hydroxylation is 1. The van der Waals surface area contributed by atoms with Gasteiger partial charge in [-0.2, -0.15) is 17.8 Å². The Labute approximate surface area is 84.5 Å². The molecular weight excluding hydrogens is 202 g/mol. The molecule has 0 N–H and O–H groups in total. The lowest BCUT2D eigenvalue weighted by molar-refractivity contribution is 0.501. The molecule has 0 radical (unpaired) electrons. The highest BCUT2D eigenvalue weighted by molar-refractivity contribution is 7.87. The highest BCUT2D eigenvalue weighted by Crippen LogP contribution is 2.11. The molecule has 5 nitrogen and oxygen atoms in total. The third kappa shape index (κ3) is 1.67. The number of nitrogens with zero attached hydrogens (tertiary/aromatic N) is 3. The summed E-state index contributed by atoms with van der Waals surface area (Å²) in [5.74, 6) is 0. The second-order valence-corrected chi connectivity index (χ2v) is 5.23. The van der Waals surface area contributed by atoms with Crippen molar-refractivity contribution in [3.8, 4) is 0 Å². The molecule has 0 saturated heterocycles. The van der Waals surface area contributed by atoms with E-state index in [2.05, 4.69) is 5.10 Å². The molecule has 6 heteroatoms. The fourth-order valence-electron chi connectivity index (χ4n) is 1.20. The van der Waals surface area contributed by atoms with Crippen molar-refractivity contribution in [2.24, 2.45) is 0 Å². The summed E-state index contributed by atoms with van der Waals surface area (Å²) in [6.07, 6.45) is 2.22. The van der Waals surface area contributed by atoms with Crippen LogP contribution < -0.4 is 0 Å². The van der Waals surface area contributed by atoms with Gasteiger partial charge in [-0.25, -0.2) is 0 Å². The standard InChI is InChI=1S/C8H15N3O2S/c1-5-8-7(2)6-9-11(8)14(12,13)10(3)4/h6H,5H2,1-4H3. The predicted molar refractivity (Wildman–Crippen MR) is 54.3 cm³/mol. The molecule has 1 aromatic rings. The molecule has 14 heavy (non-hydrogen) atoms. The zero-order valence-electron chi connectivity index (χ0n) is 8.85. The predicted octanol–water partition coefficient (Wildman–Crippen LogP) is 0.408. The minimum atomic E-state index is -3.46. The highest BCUT2D eigenvalue weighted by Gasteiger charge is 2.20. The average Bonchev–Trinajstić information content (AvgIpc) is 2.46. The van der Waals surface area contributed by atoms with Crippen molar-refractivity contribution < 1.29 is 8.42 Å². The van der Waals surface area contributed by atoms with Crippen LogP contribution in [0, 0.1) is 6.92 Å². The van der Waals surface area contributed by atoms with Crippen molar-refractivity contribution in [2.45, 2.75) is 20.3 Å². The Kier molecular flexibility index (Phi) is 2.96. The third-order valence-electron chi connectivity index (χ3n) is 2.06. The van der Waals surface area contributed by atoms with Crippen molar-refractivity contribution in [1.29, 1.82) is 0 Å². The smallest absolute Gasteiger partial charge is 0.189 e. The fraction of sp³-hybridized carbons (Fsp3) is 0.625. The lowest BCUT2D eigenvalue weighted by Crippen LogP contribution is -2.30. The molecule has 0 aliphatic rings. The molecule has 1 aromatic heterocycles. The monoisotopic (exact) mass is 217 g/mol. The van der Waals surface area contributed by atoms with Crippen LogP contribution >= 0.6 is 0 Å². The molecule has 0 aliphatic heterocycles. The normalized spacial score (nSPS) is 12.4. The van der Waals surface area contributed by atoms with Gasteiger partial charge in [0, 0.05) is 14.1 Å². The quantitative estimate of drug-likeness (QED) is 0.736. The van der Waals surface area contributed by atoms with Gasteiger partial charge in [0.25, 0.3) is 0 Å². The van der Waals surface area contributed by atoms with Gasteiger partial charge in [0.05, 0.1) is 11.9 Å². The van der Waals surface area contributed by atoms with Crippen LogP contribution in [0.3, 0.4) is 0 Å². The third-order valence-corrected chi connectivity index (χ3v) is 3.73. The fourth-order valence-corrected chi connectivity index (χ4v) is 2.23. The molecule has 0 saturated carbocycles. The van der Waals surface area contributed by atoms with Gasteiger partial charge in [0.2, 0.25) is 0 Å². The summed E-state index contributed by atoms with van der Waals surface area (Å²) in [5, 5.41) is 3.87. The largest absolute Gasteiger partial charge is 0.322 e. The zero-order chi connectivity index (χ0) is 10.9. The molecule has 0 atom stereocenters. The van der Waals surface area contributed by atoms with Crippen LogP contribution in [0.25, 0.3) is 0 Å².